The van der Waals surface area contributed by atoms with Crippen LogP contribution in [0.25, 0.3) is 5.57 Å². The number of nitrogens with zero attached hydrogens (tertiary/aromatic N) is 2. The number of amides is 3. The van der Waals surface area contributed by atoms with Gasteiger partial charge in [-0.05, 0) is 96.7 Å². The Morgan fingerprint density at radius 1 is 0.900 bits per heavy atom. The molecular formula is C31H40N4O5. The van der Waals surface area contributed by atoms with E-state index in [0.29, 0.717) is 30.8 Å². The molecule has 0 saturated carbocycles. The van der Waals surface area contributed by atoms with Crippen LogP contribution >= 0.6 is 0 Å². The summed E-state index contributed by atoms with van der Waals surface area (Å²) >= 11 is 0. The number of ether oxygens (including phenoxy) is 2. The second-order valence-electron chi connectivity index (χ2n) is 11.8. The van der Waals surface area contributed by atoms with Gasteiger partial charge in [0.15, 0.2) is 0 Å². The molecule has 0 atom stereocenters. The van der Waals surface area contributed by atoms with Crippen LogP contribution in [0.5, 0.6) is 0 Å². The van der Waals surface area contributed by atoms with E-state index in [1.807, 2.05) is 62.4 Å². The lowest BCUT2D eigenvalue weighted by Crippen LogP contribution is -2.48. The molecule has 40 heavy (non-hydrogen) atoms. The van der Waals surface area contributed by atoms with Gasteiger partial charge < -0.3 is 19.7 Å². The maximum absolute atomic E-state index is 12.7. The first-order chi connectivity index (χ1) is 18.6. The highest BCUT2D eigenvalue weighted by atomic mass is 16.6. The van der Waals surface area contributed by atoms with Crippen LogP contribution in [0.3, 0.4) is 0 Å². The molecule has 0 saturated heterocycles. The van der Waals surface area contributed by atoms with Crippen molar-refractivity contribution >= 4 is 35.3 Å². The molecule has 9 nitrogen and oxygen atoms in total. The predicted molar refractivity (Wildman–Crippen MR) is 158 cm³/mol. The second-order valence-corrected chi connectivity index (χ2v) is 11.8. The number of carbonyl (C=O) groups is 3. The van der Waals surface area contributed by atoms with Crippen LogP contribution in [0.4, 0.5) is 15.3 Å². The molecular weight excluding hydrogens is 508 g/mol. The third-order valence-corrected chi connectivity index (χ3v) is 5.85. The largest absolute Gasteiger partial charge is 0.444 e. The fourth-order valence-corrected chi connectivity index (χ4v) is 4.10. The van der Waals surface area contributed by atoms with Crippen LogP contribution in [-0.2, 0) is 9.47 Å². The van der Waals surface area contributed by atoms with Gasteiger partial charge in [-0.2, -0.15) is 0 Å². The predicted octanol–water partition coefficient (Wildman–Crippen LogP) is 6.46. The molecule has 214 valence electrons. The smallest absolute Gasteiger partial charge is 0.437 e. The van der Waals surface area contributed by atoms with E-state index in [9.17, 15) is 14.4 Å². The minimum atomic E-state index is -0.799. The molecule has 0 aromatic heterocycles. The average Bonchev–Trinajstić information content (AvgIpc) is 2.82. The number of alkyl carbamates (subject to hydrolysis) is 1. The monoisotopic (exact) mass is 548 g/mol. The van der Waals surface area contributed by atoms with Crippen molar-refractivity contribution < 1.29 is 23.9 Å². The summed E-state index contributed by atoms with van der Waals surface area (Å²) in [4.78, 5) is 43.4. The van der Waals surface area contributed by atoms with Gasteiger partial charge in [-0.1, -0.05) is 35.9 Å². The van der Waals surface area contributed by atoms with Crippen molar-refractivity contribution in [3.8, 4) is 0 Å². The molecule has 1 aliphatic heterocycles. The standard InChI is InChI=1S/C31H40N4O5/c1-20-9-14-25(21(2)19-20)26(36)32-24-12-10-22(11-13-24)23-15-17-35(18-16-23)27(33-28(37)39-30(3,4)5)34-29(38)40-31(6,7)8/h9-15,19H,16-18H2,1-8H3,(H,32,36)(H,33,34,37,38). The molecule has 0 fully saturated rings. The van der Waals surface area contributed by atoms with Gasteiger partial charge in [0.1, 0.15) is 11.2 Å². The number of nitrogens with one attached hydrogen (secondary N) is 2. The third-order valence-electron chi connectivity index (χ3n) is 5.85. The van der Waals surface area contributed by atoms with Gasteiger partial charge in [0.25, 0.3) is 5.91 Å². The Labute approximate surface area is 236 Å². The first kappa shape index (κ1) is 30.4. The third kappa shape index (κ3) is 9.25. The molecule has 2 aromatic rings. The Morgan fingerprint density at radius 3 is 2.10 bits per heavy atom. The molecule has 2 N–H and O–H groups in total. The highest BCUT2D eigenvalue weighted by Crippen LogP contribution is 2.25. The molecule has 2 aromatic carbocycles. The molecule has 1 aliphatic rings. The van der Waals surface area contributed by atoms with E-state index in [-0.39, 0.29) is 11.9 Å². The molecule has 3 rings (SSSR count). The van der Waals surface area contributed by atoms with E-state index in [4.69, 9.17) is 9.47 Å². The Balaban J connectivity index is 1.70. The van der Waals surface area contributed by atoms with Crippen LogP contribution in [0.15, 0.2) is 53.5 Å². The maximum Gasteiger partial charge on any atom is 0.437 e. The maximum atomic E-state index is 12.7. The van der Waals surface area contributed by atoms with Crippen molar-refractivity contribution in [2.45, 2.75) is 73.0 Å². The molecule has 9 heteroatoms. The molecule has 1 heterocycles. The van der Waals surface area contributed by atoms with Gasteiger partial charge in [-0.25, -0.2) is 9.59 Å². The fourth-order valence-electron chi connectivity index (χ4n) is 4.10. The molecule has 0 aliphatic carbocycles. The normalized spacial score (nSPS) is 14.2. The van der Waals surface area contributed by atoms with Gasteiger partial charge in [0.2, 0.25) is 5.96 Å². The zero-order valence-corrected chi connectivity index (χ0v) is 24.7. The molecule has 0 spiro atoms. The fraction of sp³-hybridized carbons (Fsp3) is 0.419. The topological polar surface area (TPSA) is 109 Å². The summed E-state index contributed by atoms with van der Waals surface area (Å²) in [5, 5.41) is 5.57. The number of carbonyl (C=O) groups excluding carboxylic acids is 3. The zero-order valence-electron chi connectivity index (χ0n) is 24.7. The lowest BCUT2D eigenvalue weighted by molar-refractivity contribution is 0.0554. The number of benzene rings is 2. The minimum absolute atomic E-state index is 0.0725. The van der Waals surface area contributed by atoms with Crippen molar-refractivity contribution in [3.05, 3.63) is 70.8 Å². The van der Waals surface area contributed by atoms with Crippen molar-refractivity contribution in [1.29, 1.82) is 0 Å². The summed E-state index contributed by atoms with van der Waals surface area (Å²) in [6.45, 7) is 15.4. The Kier molecular flexibility index (Phi) is 9.40. The van der Waals surface area contributed by atoms with Crippen LogP contribution < -0.4 is 10.6 Å². The summed E-state index contributed by atoms with van der Waals surface area (Å²) in [6, 6.07) is 13.4. The van der Waals surface area contributed by atoms with Gasteiger partial charge in [0.05, 0.1) is 0 Å². The minimum Gasteiger partial charge on any atom is -0.444 e. The SMILES string of the molecule is Cc1ccc(C(=O)Nc2ccc(C3=CCN(/C(=N\C(=O)OC(C)(C)C)NC(=O)OC(C)(C)C)CC3)cc2)c(C)c1. The zero-order chi connectivity index (χ0) is 29.7. The van der Waals surface area contributed by atoms with E-state index in [1.54, 1.807) is 46.4 Å². The summed E-state index contributed by atoms with van der Waals surface area (Å²) in [6.07, 6.45) is 1.17. The van der Waals surface area contributed by atoms with E-state index in [1.165, 1.54) is 0 Å². The van der Waals surface area contributed by atoms with Crippen LogP contribution in [0.1, 0.15) is 75.0 Å². The number of rotatable bonds is 3. The summed E-state index contributed by atoms with van der Waals surface area (Å²) < 4.78 is 10.7. The average molecular weight is 549 g/mol. The number of hydrogen-bond donors (Lipinski definition) is 2. The van der Waals surface area contributed by atoms with E-state index >= 15 is 0 Å². The van der Waals surface area contributed by atoms with Crippen molar-refractivity contribution in [1.82, 2.24) is 10.2 Å². The summed E-state index contributed by atoms with van der Waals surface area (Å²) in [5.41, 5.74) is 4.10. The number of hydrogen-bond acceptors (Lipinski definition) is 5. The quantitative estimate of drug-likeness (QED) is 0.337. The lowest BCUT2D eigenvalue weighted by atomic mass is 9.99. The van der Waals surface area contributed by atoms with E-state index < -0.39 is 23.4 Å². The van der Waals surface area contributed by atoms with E-state index in [0.717, 1.165) is 22.3 Å². The summed E-state index contributed by atoms with van der Waals surface area (Å²) in [5.74, 6) is -0.0738. The van der Waals surface area contributed by atoms with Crippen molar-refractivity contribution in [2.75, 3.05) is 18.4 Å². The Hall–Kier alpha value is -4.14. The molecule has 0 unspecified atom stereocenters. The molecule has 0 bridgehead atoms. The van der Waals surface area contributed by atoms with Crippen molar-refractivity contribution in [2.24, 2.45) is 4.99 Å². The number of aryl methyl sites for hydroxylation is 2. The number of guanidine groups is 1. The van der Waals surface area contributed by atoms with Crippen LogP contribution in [-0.4, -0.2) is 53.2 Å². The number of anilines is 1. The highest BCUT2D eigenvalue weighted by Gasteiger charge is 2.24. The molecule has 3 amide bonds. The highest BCUT2D eigenvalue weighted by molar-refractivity contribution is 6.05. The first-order valence-corrected chi connectivity index (χ1v) is 13.3. The van der Waals surface area contributed by atoms with Gasteiger partial charge in [-0.15, -0.1) is 4.99 Å². The second kappa shape index (κ2) is 12.4. The van der Waals surface area contributed by atoms with Crippen LogP contribution in [0, 0.1) is 13.8 Å². The number of aliphatic imine (C=N–C) groups is 1. The van der Waals surface area contributed by atoms with Gasteiger partial charge in [0, 0.05) is 24.3 Å². The van der Waals surface area contributed by atoms with Crippen LogP contribution in [0.2, 0.25) is 0 Å². The lowest BCUT2D eigenvalue weighted by Gasteiger charge is -2.30. The molecule has 0 radical (unpaired) electrons. The van der Waals surface area contributed by atoms with Gasteiger partial charge in [-0.3, -0.25) is 10.1 Å². The summed E-state index contributed by atoms with van der Waals surface area (Å²) in [7, 11) is 0. The van der Waals surface area contributed by atoms with Gasteiger partial charge >= 0.3 is 12.2 Å². The Bertz CT molecular complexity index is 1310. The van der Waals surface area contributed by atoms with E-state index in [2.05, 4.69) is 15.6 Å². The Morgan fingerprint density at radius 2 is 1.55 bits per heavy atom. The van der Waals surface area contributed by atoms with Crippen molar-refractivity contribution in [3.63, 3.8) is 0 Å². The first-order valence-electron chi connectivity index (χ1n) is 13.3.